The van der Waals surface area contributed by atoms with Crippen LogP contribution in [0.2, 0.25) is 0 Å². The molecule has 0 aliphatic rings. The van der Waals surface area contributed by atoms with Crippen LogP contribution in [0.3, 0.4) is 0 Å². The quantitative estimate of drug-likeness (QED) is 0.547. The maximum absolute atomic E-state index is 12.6. The molecule has 1 atom stereocenters. The number of benzene rings is 2. The van der Waals surface area contributed by atoms with E-state index in [0.717, 1.165) is 20.9 Å². The smallest absolute Gasteiger partial charge is 0.261 e. The average molecular weight is 493 g/mol. The van der Waals surface area contributed by atoms with Crippen molar-refractivity contribution >= 4 is 48.7 Å². The number of hydrogen-bond donors (Lipinski definition) is 1. The summed E-state index contributed by atoms with van der Waals surface area (Å²) in [7, 11) is 0. The fourth-order valence-corrected chi connectivity index (χ4v) is 3.52. The summed E-state index contributed by atoms with van der Waals surface area (Å²) in [5, 5.41) is 3.58. The van der Waals surface area contributed by atoms with Crippen molar-refractivity contribution in [2.75, 3.05) is 0 Å². The van der Waals surface area contributed by atoms with E-state index in [2.05, 4.69) is 42.2 Å². The Morgan fingerprint density at radius 2 is 1.85 bits per heavy atom. The van der Waals surface area contributed by atoms with Crippen LogP contribution in [0.4, 0.5) is 0 Å². The second kappa shape index (κ2) is 8.80. The number of carbonyl (C=O) groups is 1. The van der Waals surface area contributed by atoms with E-state index in [-0.39, 0.29) is 30.5 Å². The standard InChI is InChI=1S/C20H19Br2N3O2/c1-2-17(13-3-5-14(21)6-4-13)24-19(26)9-10-25-12-23-18-8-7-15(22)11-16(18)20(25)27/h3-8,11-12,17H,2,9-10H2,1H3,(H,24,26). The largest absolute Gasteiger partial charge is 0.349 e. The zero-order valence-corrected chi connectivity index (χ0v) is 18.0. The lowest BCUT2D eigenvalue weighted by molar-refractivity contribution is -0.122. The average Bonchev–Trinajstić information content (AvgIpc) is 2.67. The number of fused-ring (bicyclic) bond motifs is 1. The molecule has 0 spiro atoms. The van der Waals surface area contributed by atoms with Crippen molar-refractivity contribution < 1.29 is 4.79 Å². The fourth-order valence-electron chi connectivity index (χ4n) is 2.90. The van der Waals surface area contributed by atoms with Gasteiger partial charge in [-0.15, -0.1) is 0 Å². The molecule has 5 nitrogen and oxygen atoms in total. The summed E-state index contributed by atoms with van der Waals surface area (Å²) in [6.07, 6.45) is 2.50. The summed E-state index contributed by atoms with van der Waals surface area (Å²) in [5.74, 6) is -0.0917. The summed E-state index contributed by atoms with van der Waals surface area (Å²) in [6, 6.07) is 13.3. The Bertz CT molecular complexity index is 1020. The van der Waals surface area contributed by atoms with E-state index in [0.29, 0.717) is 10.9 Å². The van der Waals surface area contributed by atoms with E-state index in [9.17, 15) is 9.59 Å². The lowest BCUT2D eigenvalue weighted by Crippen LogP contribution is -2.30. The summed E-state index contributed by atoms with van der Waals surface area (Å²) in [5.41, 5.74) is 1.56. The number of aromatic nitrogens is 2. The number of amides is 1. The zero-order valence-electron chi connectivity index (χ0n) is 14.8. The minimum atomic E-state index is -0.144. The van der Waals surface area contributed by atoms with Crippen molar-refractivity contribution in [2.24, 2.45) is 0 Å². The van der Waals surface area contributed by atoms with Crippen LogP contribution in [0.15, 0.2) is 62.5 Å². The Balaban J connectivity index is 1.68. The lowest BCUT2D eigenvalue weighted by Gasteiger charge is -2.18. The summed E-state index contributed by atoms with van der Waals surface area (Å²) in [4.78, 5) is 29.3. The van der Waals surface area contributed by atoms with Gasteiger partial charge in [-0.2, -0.15) is 0 Å². The highest BCUT2D eigenvalue weighted by Gasteiger charge is 2.13. The van der Waals surface area contributed by atoms with Crippen molar-refractivity contribution in [3.8, 4) is 0 Å². The third-order valence-electron chi connectivity index (χ3n) is 4.38. The second-order valence-electron chi connectivity index (χ2n) is 6.23. The topological polar surface area (TPSA) is 64.0 Å². The van der Waals surface area contributed by atoms with Crippen molar-refractivity contribution in [1.82, 2.24) is 14.9 Å². The van der Waals surface area contributed by atoms with Gasteiger partial charge in [-0.05, 0) is 42.3 Å². The Hall–Kier alpha value is -1.99. The maximum atomic E-state index is 12.6. The number of halogens is 2. The third-order valence-corrected chi connectivity index (χ3v) is 5.40. The lowest BCUT2D eigenvalue weighted by atomic mass is 10.0. The first-order chi connectivity index (χ1) is 13.0. The van der Waals surface area contributed by atoms with Gasteiger partial charge < -0.3 is 5.32 Å². The van der Waals surface area contributed by atoms with Crippen molar-refractivity contribution in [1.29, 1.82) is 0 Å². The molecule has 7 heteroatoms. The van der Waals surface area contributed by atoms with Gasteiger partial charge in [0.05, 0.1) is 23.3 Å². The number of hydrogen-bond acceptors (Lipinski definition) is 3. The summed E-state index contributed by atoms with van der Waals surface area (Å²) >= 11 is 6.79. The maximum Gasteiger partial charge on any atom is 0.261 e. The first-order valence-corrected chi connectivity index (χ1v) is 10.3. The van der Waals surface area contributed by atoms with Gasteiger partial charge in [-0.1, -0.05) is 50.9 Å². The van der Waals surface area contributed by atoms with Crippen LogP contribution in [0, 0.1) is 0 Å². The van der Waals surface area contributed by atoms with Gasteiger partial charge in [0.15, 0.2) is 0 Å². The first kappa shape index (κ1) is 19.8. The minimum absolute atomic E-state index is 0.0481. The molecule has 0 aliphatic heterocycles. The minimum Gasteiger partial charge on any atom is -0.349 e. The molecule has 140 valence electrons. The molecule has 1 amide bonds. The molecule has 1 unspecified atom stereocenters. The molecule has 0 aliphatic carbocycles. The molecule has 1 N–H and O–H groups in total. The van der Waals surface area contributed by atoms with Crippen LogP contribution in [0.5, 0.6) is 0 Å². The van der Waals surface area contributed by atoms with Crippen molar-refractivity contribution in [2.45, 2.75) is 32.4 Å². The monoisotopic (exact) mass is 491 g/mol. The van der Waals surface area contributed by atoms with Crippen LogP contribution in [-0.4, -0.2) is 15.5 Å². The number of nitrogens with zero attached hydrogens (tertiary/aromatic N) is 2. The molecular formula is C20H19Br2N3O2. The van der Waals surface area contributed by atoms with Crippen LogP contribution in [0.1, 0.15) is 31.4 Å². The summed E-state index contributed by atoms with van der Waals surface area (Å²) in [6.45, 7) is 2.32. The van der Waals surface area contributed by atoms with Crippen LogP contribution < -0.4 is 10.9 Å². The van der Waals surface area contributed by atoms with Crippen molar-refractivity contribution in [3.63, 3.8) is 0 Å². The molecule has 0 saturated heterocycles. The van der Waals surface area contributed by atoms with E-state index in [4.69, 9.17) is 0 Å². The predicted octanol–water partition coefficient (Wildman–Crippen LogP) is 4.58. The first-order valence-electron chi connectivity index (χ1n) is 8.67. The van der Waals surface area contributed by atoms with E-state index in [1.54, 1.807) is 12.1 Å². The van der Waals surface area contributed by atoms with Gasteiger partial charge in [0, 0.05) is 21.9 Å². The number of aryl methyl sites for hydroxylation is 1. The molecule has 0 radical (unpaired) electrons. The van der Waals surface area contributed by atoms with E-state index >= 15 is 0 Å². The predicted molar refractivity (Wildman–Crippen MR) is 114 cm³/mol. The molecule has 0 fully saturated rings. The Morgan fingerprint density at radius 3 is 2.56 bits per heavy atom. The Kier molecular flexibility index (Phi) is 6.44. The van der Waals surface area contributed by atoms with Gasteiger partial charge in [0.2, 0.25) is 5.91 Å². The highest BCUT2D eigenvalue weighted by Crippen LogP contribution is 2.19. The molecule has 3 aromatic rings. The molecule has 1 aromatic heterocycles. The Labute approximate surface area is 174 Å². The molecule has 27 heavy (non-hydrogen) atoms. The van der Waals surface area contributed by atoms with Gasteiger partial charge in [0.25, 0.3) is 5.56 Å². The van der Waals surface area contributed by atoms with E-state index in [1.807, 2.05) is 37.3 Å². The molecule has 2 aromatic carbocycles. The molecule has 0 saturated carbocycles. The molecular weight excluding hydrogens is 474 g/mol. The van der Waals surface area contributed by atoms with Gasteiger partial charge >= 0.3 is 0 Å². The van der Waals surface area contributed by atoms with Crippen LogP contribution in [0.25, 0.3) is 10.9 Å². The summed E-state index contributed by atoms with van der Waals surface area (Å²) < 4.78 is 3.31. The van der Waals surface area contributed by atoms with E-state index in [1.165, 1.54) is 10.9 Å². The second-order valence-corrected chi connectivity index (χ2v) is 8.07. The molecule has 3 rings (SSSR count). The van der Waals surface area contributed by atoms with Gasteiger partial charge in [0.1, 0.15) is 0 Å². The van der Waals surface area contributed by atoms with Crippen molar-refractivity contribution in [3.05, 3.63) is 73.7 Å². The van der Waals surface area contributed by atoms with Crippen LogP contribution >= 0.6 is 31.9 Å². The fraction of sp³-hybridized carbons (Fsp3) is 0.250. The third kappa shape index (κ3) is 4.84. The number of rotatable bonds is 6. The molecule has 1 heterocycles. The SMILES string of the molecule is CCC(NC(=O)CCn1cnc2ccc(Br)cc2c1=O)c1ccc(Br)cc1. The molecule has 0 bridgehead atoms. The highest BCUT2D eigenvalue weighted by atomic mass is 79.9. The number of carbonyl (C=O) groups excluding carboxylic acids is 1. The zero-order chi connectivity index (χ0) is 19.4. The van der Waals surface area contributed by atoms with Gasteiger partial charge in [-0.3, -0.25) is 14.2 Å². The number of nitrogens with one attached hydrogen (secondary N) is 1. The van der Waals surface area contributed by atoms with Gasteiger partial charge in [-0.25, -0.2) is 4.98 Å². The highest BCUT2D eigenvalue weighted by molar-refractivity contribution is 9.10. The van der Waals surface area contributed by atoms with Crippen LogP contribution in [-0.2, 0) is 11.3 Å². The van der Waals surface area contributed by atoms with E-state index < -0.39 is 0 Å². The Morgan fingerprint density at radius 1 is 1.15 bits per heavy atom. The normalized spacial score (nSPS) is 12.1.